The maximum Gasteiger partial charge on any atom is 0.312 e. The number of hydrogen-bond acceptors (Lipinski definition) is 3. The van der Waals surface area contributed by atoms with Crippen molar-refractivity contribution in [2.45, 2.75) is 25.8 Å². The quantitative estimate of drug-likeness (QED) is 0.539. The molecule has 0 aromatic carbocycles. The molecule has 2 amide bonds. The van der Waals surface area contributed by atoms with Crippen LogP contribution in [0.4, 0.5) is 4.79 Å². The van der Waals surface area contributed by atoms with Crippen LogP contribution in [0.5, 0.6) is 0 Å². The summed E-state index contributed by atoms with van der Waals surface area (Å²) in [6, 6.07) is -1.63. The number of Topliss-reactive ketones (excluding diaryl/α,β-unsaturated/α-hetero) is 1. The first-order valence-electron chi connectivity index (χ1n) is 3.71. The number of urea groups is 1. The van der Waals surface area contributed by atoms with Crippen LogP contribution in [0.15, 0.2) is 0 Å². The van der Waals surface area contributed by atoms with Gasteiger partial charge in [-0.15, -0.1) is 0 Å². The van der Waals surface area contributed by atoms with E-state index >= 15 is 0 Å². The fourth-order valence-corrected chi connectivity index (χ4v) is 0.817. The van der Waals surface area contributed by atoms with Gasteiger partial charge in [0.2, 0.25) is 0 Å². The zero-order valence-corrected chi connectivity index (χ0v) is 7.24. The second-order valence-corrected chi connectivity index (χ2v) is 2.60. The maximum absolute atomic E-state index is 10.8. The predicted molar refractivity (Wildman–Crippen MR) is 44.1 cm³/mol. The van der Waals surface area contributed by atoms with Crippen LogP contribution in [0, 0.1) is 0 Å². The topological polar surface area (TPSA) is 109 Å². The smallest absolute Gasteiger partial charge is 0.312 e. The van der Waals surface area contributed by atoms with Gasteiger partial charge in [-0.2, -0.15) is 0 Å². The van der Waals surface area contributed by atoms with Crippen LogP contribution in [0.3, 0.4) is 0 Å². The fourth-order valence-electron chi connectivity index (χ4n) is 0.817. The van der Waals surface area contributed by atoms with Gasteiger partial charge in [-0.3, -0.25) is 9.59 Å². The van der Waals surface area contributed by atoms with Crippen molar-refractivity contribution in [3.8, 4) is 0 Å². The van der Waals surface area contributed by atoms with Crippen LogP contribution >= 0.6 is 0 Å². The highest BCUT2D eigenvalue weighted by Crippen LogP contribution is 1.98. The van der Waals surface area contributed by atoms with E-state index in [1.165, 1.54) is 6.92 Å². The van der Waals surface area contributed by atoms with Gasteiger partial charge in [0.15, 0.2) is 5.78 Å². The zero-order chi connectivity index (χ0) is 10.4. The number of hydrogen-bond donors (Lipinski definition) is 3. The molecule has 0 bridgehead atoms. The van der Waals surface area contributed by atoms with E-state index in [2.05, 4.69) is 5.32 Å². The van der Waals surface area contributed by atoms with E-state index in [1.54, 1.807) is 0 Å². The Morgan fingerprint density at radius 2 is 2.00 bits per heavy atom. The Morgan fingerprint density at radius 3 is 2.31 bits per heavy atom. The van der Waals surface area contributed by atoms with Gasteiger partial charge in [0.1, 0.15) is 0 Å². The van der Waals surface area contributed by atoms with Crippen LogP contribution < -0.4 is 11.1 Å². The molecule has 0 aliphatic rings. The third-order valence-electron chi connectivity index (χ3n) is 1.45. The number of carbonyl (C=O) groups is 3. The summed E-state index contributed by atoms with van der Waals surface area (Å²) < 4.78 is 0. The molecule has 0 radical (unpaired) electrons. The lowest BCUT2D eigenvalue weighted by Crippen LogP contribution is -2.42. The number of nitrogens with one attached hydrogen (secondary N) is 1. The monoisotopic (exact) mass is 188 g/mol. The predicted octanol–water partition coefficient (Wildman–Crippen LogP) is -0.523. The molecule has 0 unspecified atom stereocenters. The summed E-state index contributed by atoms with van der Waals surface area (Å²) in [5.74, 6) is -1.32. The van der Waals surface area contributed by atoms with Crippen molar-refractivity contribution < 1.29 is 19.5 Å². The minimum atomic E-state index is -1.02. The molecule has 0 aromatic rings. The molecule has 0 saturated heterocycles. The first kappa shape index (κ1) is 11.4. The molecule has 0 saturated carbocycles. The average molecular weight is 188 g/mol. The van der Waals surface area contributed by atoms with Gasteiger partial charge < -0.3 is 16.2 Å². The van der Waals surface area contributed by atoms with Gasteiger partial charge in [0.25, 0.3) is 0 Å². The van der Waals surface area contributed by atoms with Crippen molar-refractivity contribution in [1.29, 1.82) is 0 Å². The van der Waals surface area contributed by atoms with Crippen LogP contribution in [0.1, 0.15) is 19.8 Å². The molecule has 0 spiro atoms. The van der Waals surface area contributed by atoms with Gasteiger partial charge >= 0.3 is 12.0 Å². The highest BCUT2D eigenvalue weighted by atomic mass is 16.4. The van der Waals surface area contributed by atoms with Crippen LogP contribution in [0.25, 0.3) is 0 Å². The summed E-state index contributed by atoms with van der Waals surface area (Å²) in [7, 11) is 0. The van der Waals surface area contributed by atoms with Crippen molar-refractivity contribution in [3.05, 3.63) is 0 Å². The van der Waals surface area contributed by atoms with Gasteiger partial charge in [-0.05, 0) is 13.3 Å². The molecule has 74 valence electrons. The highest BCUT2D eigenvalue weighted by Gasteiger charge is 2.16. The van der Waals surface area contributed by atoms with Gasteiger partial charge in [-0.1, -0.05) is 0 Å². The van der Waals surface area contributed by atoms with E-state index in [9.17, 15) is 14.4 Å². The molecule has 6 nitrogen and oxygen atoms in total. The SMILES string of the molecule is CC(=O)[C@@H](CCC(=O)O)NC(N)=O. The molecule has 0 aliphatic heterocycles. The summed E-state index contributed by atoms with van der Waals surface area (Å²) in [6.45, 7) is 1.27. The minimum absolute atomic E-state index is 0.0631. The zero-order valence-electron chi connectivity index (χ0n) is 7.24. The maximum atomic E-state index is 10.8. The number of rotatable bonds is 5. The first-order valence-corrected chi connectivity index (χ1v) is 3.71. The number of ketones is 1. The molecule has 0 fully saturated rings. The number of nitrogens with two attached hydrogens (primary N) is 1. The van der Waals surface area contributed by atoms with Gasteiger partial charge in [0.05, 0.1) is 6.04 Å². The van der Waals surface area contributed by atoms with E-state index < -0.39 is 18.0 Å². The molecule has 0 heterocycles. The minimum Gasteiger partial charge on any atom is -0.481 e. The lowest BCUT2D eigenvalue weighted by atomic mass is 10.1. The Balaban J connectivity index is 4.02. The summed E-state index contributed by atoms with van der Waals surface area (Å²) in [5.41, 5.74) is 4.79. The standard InChI is InChI=1S/C7H12N2O4/c1-4(10)5(9-7(8)13)2-3-6(11)12/h5H,2-3H2,1H3,(H,11,12)(H3,8,9,13)/t5-/m1/s1. The molecular formula is C7H12N2O4. The lowest BCUT2D eigenvalue weighted by molar-refractivity contribution is -0.137. The fraction of sp³-hybridized carbons (Fsp3) is 0.571. The third-order valence-corrected chi connectivity index (χ3v) is 1.45. The second kappa shape index (κ2) is 5.13. The van der Waals surface area contributed by atoms with E-state index in [0.29, 0.717) is 0 Å². The summed E-state index contributed by atoms with van der Waals surface area (Å²) in [5, 5.41) is 10.5. The molecule has 6 heteroatoms. The van der Waals surface area contributed by atoms with Crippen LogP contribution in [0.2, 0.25) is 0 Å². The number of primary amides is 1. The second-order valence-electron chi connectivity index (χ2n) is 2.60. The van der Waals surface area contributed by atoms with E-state index in [0.717, 1.165) is 0 Å². The van der Waals surface area contributed by atoms with E-state index in [4.69, 9.17) is 10.8 Å². The first-order chi connectivity index (χ1) is 5.93. The number of carboxylic acids is 1. The Bertz CT molecular complexity index is 227. The average Bonchev–Trinajstić information content (AvgIpc) is 1.96. The number of amides is 2. The molecule has 13 heavy (non-hydrogen) atoms. The van der Waals surface area contributed by atoms with Crippen molar-refractivity contribution in [3.63, 3.8) is 0 Å². The number of aliphatic carboxylic acids is 1. The molecule has 0 aliphatic carbocycles. The van der Waals surface area contributed by atoms with Crippen molar-refractivity contribution in [2.24, 2.45) is 5.73 Å². The summed E-state index contributed by atoms with van der Waals surface area (Å²) in [6.07, 6.45) is -0.113. The normalized spacial score (nSPS) is 11.8. The molecular weight excluding hydrogens is 176 g/mol. The van der Waals surface area contributed by atoms with E-state index in [-0.39, 0.29) is 18.6 Å². The molecule has 4 N–H and O–H groups in total. The highest BCUT2D eigenvalue weighted by molar-refractivity contribution is 5.86. The third kappa shape index (κ3) is 5.66. The van der Waals surface area contributed by atoms with Crippen molar-refractivity contribution in [1.82, 2.24) is 5.32 Å². The summed E-state index contributed by atoms with van der Waals surface area (Å²) in [4.78, 5) is 31.4. The lowest BCUT2D eigenvalue weighted by Gasteiger charge is -2.12. The largest absolute Gasteiger partial charge is 0.481 e. The van der Waals surface area contributed by atoms with Crippen LogP contribution in [-0.2, 0) is 9.59 Å². The number of carbonyl (C=O) groups excluding carboxylic acids is 2. The van der Waals surface area contributed by atoms with Gasteiger partial charge in [0, 0.05) is 6.42 Å². The molecule has 0 rings (SSSR count). The van der Waals surface area contributed by atoms with Crippen LogP contribution in [-0.4, -0.2) is 28.9 Å². The molecule has 0 aromatic heterocycles. The number of carboxylic acid groups (broad SMARTS) is 1. The molecule has 1 atom stereocenters. The Morgan fingerprint density at radius 1 is 1.46 bits per heavy atom. The van der Waals surface area contributed by atoms with Gasteiger partial charge in [-0.25, -0.2) is 4.79 Å². The Kier molecular flexibility index (Phi) is 4.50. The van der Waals surface area contributed by atoms with Crippen molar-refractivity contribution >= 4 is 17.8 Å². The Hall–Kier alpha value is -1.59. The summed E-state index contributed by atoms with van der Waals surface area (Å²) >= 11 is 0. The van der Waals surface area contributed by atoms with E-state index in [1.807, 2.05) is 0 Å². The van der Waals surface area contributed by atoms with Crippen molar-refractivity contribution in [2.75, 3.05) is 0 Å². The Labute approximate surface area is 75.1 Å².